The van der Waals surface area contributed by atoms with Crippen LogP contribution in [0, 0.1) is 5.92 Å². The van der Waals surface area contributed by atoms with Crippen LogP contribution in [0.2, 0.25) is 39.3 Å². The Morgan fingerprint density at radius 2 is 1.16 bits per heavy atom. The average Bonchev–Trinajstić information content (AvgIpc) is 2.27. The molecule has 19 heavy (non-hydrogen) atoms. The highest BCUT2D eigenvalue weighted by Crippen LogP contribution is 2.50. The van der Waals surface area contributed by atoms with Gasteiger partial charge in [0.25, 0.3) is 8.37 Å². The lowest BCUT2D eigenvalue weighted by Crippen LogP contribution is -2.62. The van der Waals surface area contributed by atoms with E-state index in [1.807, 2.05) is 0 Å². The second-order valence-electron chi connectivity index (χ2n) is 8.53. The van der Waals surface area contributed by atoms with Crippen LogP contribution in [0.1, 0.15) is 19.3 Å². The Hall–Kier alpha value is 0.744. The van der Waals surface area contributed by atoms with Gasteiger partial charge in [0.15, 0.2) is 0 Å². The normalized spacial score (nSPS) is 32.1. The number of nitrogens with one attached hydrogen (secondary N) is 2. The number of hydrogen-bond acceptors (Lipinski definition) is 2. The molecule has 2 bridgehead atoms. The van der Waals surface area contributed by atoms with E-state index in [9.17, 15) is 0 Å². The van der Waals surface area contributed by atoms with E-state index in [0.717, 1.165) is 5.92 Å². The second kappa shape index (κ2) is 5.50. The van der Waals surface area contributed by atoms with Gasteiger partial charge in [0.2, 0.25) is 0 Å². The molecule has 0 aromatic carbocycles. The minimum atomic E-state index is -1.23. The quantitative estimate of drug-likeness (QED) is 0.597. The highest BCUT2D eigenvalue weighted by Gasteiger charge is 2.48. The third-order valence-electron chi connectivity index (χ3n) is 4.17. The van der Waals surface area contributed by atoms with Gasteiger partial charge in [0.05, 0.1) is 19.6 Å². The van der Waals surface area contributed by atoms with Crippen molar-refractivity contribution in [1.82, 2.24) is 9.51 Å². The molecule has 3 rings (SSSR count). The average molecular weight is 319 g/mol. The Bertz CT molecular complexity index is 287. The van der Waals surface area contributed by atoms with E-state index in [1.165, 1.54) is 43.2 Å². The third kappa shape index (κ3) is 4.35. The second-order valence-corrected chi connectivity index (χ2v) is 20.8. The summed E-state index contributed by atoms with van der Waals surface area (Å²) >= 11 is 0. The van der Waals surface area contributed by atoms with E-state index in [0.29, 0.717) is 0 Å². The summed E-state index contributed by atoms with van der Waals surface area (Å²) in [5, 5.41) is 0. The van der Waals surface area contributed by atoms with Crippen molar-refractivity contribution < 1.29 is 4.25 Å². The molecule has 3 fully saturated rings. The van der Waals surface area contributed by atoms with Crippen LogP contribution in [0.5, 0.6) is 0 Å². The standard InChI is InChI=1S/C13H33N3PSi2/c1-18(2,3)14-17(15-19(4,5)6)16-10-7-13(8-11-16)9-12-16/h13-15H,7-12H2,1-6H3/q+1. The van der Waals surface area contributed by atoms with E-state index in [4.69, 9.17) is 0 Å². The minimum absolute atomic E-state index is 0.240. The van der Waals surface area contributed by atoms with Gasteiger partial charge in [-0.25, -0.2) is 0 Å². The summed E-state index contributed by atoms with van der Waals surface area (Å²) in [5.74, 6) is 1.05. The molecular formula is C13H33N3PSi2+. The smallest absolute Gasteiger partial charge is 0.251 e. The van der Waals surface area contributed by atoms with Crippen LogP contribution in [-0.4, -0.2) is 40.4 Å². The molecule has 112 valence electrons. The van der Waals surface area contributed by atoms with Gasteiger partial charge < -0.3 is 0 Å². The maximum absolute atomic E-state index is 4.10. The highest BCUT2D eigenvalue weighted by atomic mass is 31.2. The SMILES string of the molecule is C[Si](C)(C)NP(N[Si](C)(C)C)[N+]12CCC(CC1)CC2. The Morgan fingerprint density at radius 3 is 1.47 bits per heavy atom. The van der Waals surface area contributed by atoms with Crippen LogP contribution >= 0.6 is 8.37 Å². The Labute approximate surface area is 123 Å². The zero-order chi connectivity index (χ0) is 14.3. The number of quaternary nitrogens is 1. The Kier molecular flexibility index (Phi) is 4.67. The molecule has 2 N–H and O–H groups in total. The lowest BCUT2D eigenvalue weighted by Gasteiger charge is -2.54. The van der Waals surface area contributed by atoms with Crippen molar-refractivity contribution in [2.24, 2.45) is 5.92 Å². The van der Waals surface area contributed by atoms with Gasteiger partial charge in [-0.3, -0.25) is 13.8 Å². The molecule has 0 amide bonds. The first-order valence-corrected chi connectivity index (χ1v) is 16.1. The molecule has 3 aliphatic rings. The van der Waals surface area contributed by atoms with E-state index in [-0.39, 0.29) is 8.37 Å². The molecule has 3 saturated heterocycles. The van der Waals surface area contributed by atoms with Crippen LogP contribution in [-0.2, 0) is 0 Å². The van der Waals surface area contributed by atoms with Gasteiger partial charge in [0, 0.05) is 0 Å². The number of nitrogens with zero attached hydrogens (tertiary/aromatic N) is 1. The lowest BCUT2D eigenvalue weighted by atomic mass is 9.88. The summed E-state index contributed by atoms with van der Waals surface area (Å²) in [7, 11) is -2.69. The molecule has 0 unspecified atom stereocenters. The Morgan fingerprint density at radius 1 is 0.789 bits per heavy atom. The Balaban J connectivity index is 2.16. The van der Waals surface area contributed by atoms with Crippen molar-refractivity contribution in [1.29, 1.82) is 0 Å². The van der Waals surface area contributed by atoms with E-state index < -0.39 is 16.5 Å². The van der Waals surface area contributed by atoms with E-state index in [1.54, 1.807) is 0 Å². The number of hydrogen-bond donors (Lipinski definition) is 2. The van der Waals surface area contributed by atoms with Crippen molar-refractivity contribution >= 4 is 24.8 Å². The maximum atomic E-state index is 4.10. The van der Waals surface area contributed by atoms with Crippen LogP contribution in [0.3, 0.4) is 0 Å². The zero-order valence-corrected chi connectivity index (χ0v) is 16.6. The summed E-state index contributed by atoms with van der Waals surface area (Å²) in [6.07, 6.45) is 4.42. The van der Waals surface area contributed by atoms with Crippen molar-refractivity contribution in [2.45, 2.75) is 58.5 Å². The molecule has 6 heteroatoms. The molecule has 0 aromatic rings. The predicted molar refractivity (Wildman–Crippen MR) is 92.1 cm³/mol. The van der Waals surface area contributed by atoms with E-state index >= 15 is 0 Å². The van der Waals surface area contributed by atoms with Crippen molar-refractivity contribution in [3.8, 4) is 0 Å². The van der Waals surface area contributed by atoms with Crippen molar-refractivity contribution in [3.05, 3.63) is 0 Å². The number of fused-ring (bicyclic) bond motifs is 3. The van der Waals surface area contributed by atoms with Crippen LogP contribution in [0.25, 0.3) is 0 Å². The number of piperidine rings is 3. The van der Waals surface area contributed by atoms with Crippen LogP contribution in [0.15, 0.2) is 0 Å². The molecule has 3 nitrogen and oxygen atoms in total. The molecule has 0 atom stereocenters. The van der Waals surface area contributed by atoms with Gasteiger partial charge in [-0.1, -0.05) is 39.3 Å². The first-order valence-electron chi connectivity index (χ1n) is 7.82. The molecule has 0 aromatic heterocycles. The van der Waals surface area contributed by atoms with Gasteiger partial charge in [-0.2, -0.15) is 0 Å². The molecular weight excluding hydrogens is 285 g/mol. The molecule has 0 spiro atoms. The van der Waals surface area contributed by atoms with Crippen molar-refractivity contribution in [2.75, 3.05) is 19.6 Å². The maximum Gasteiger partial charge on any atom is 0.251 e. The highest BCUT2D eigenvalue weighted by molar-refractivity contribution is 7.52. The van der Waals surface area contributed by atoms with E-state index in [2.05, 4.69) is 48.8 Å². The predicted octanol–water partition coefficient (Wildman–Crippen LogP) is 3.69. The fourth-order valence-corrected chi connectivity index (χ4v) is 11.7. The van der Waals surface area contributed by atoms with Gasteiger partial charge >= 0.3 is 0 Å². The van der Waals surface area contributed by atoms with Crippen LogP contribution < -0.4 is 9.51 Å². The fraction of sp³-hybridized carbons (Fsp3) is 1.00. The molecule has 3 aliphatic heterocycles. The summed E-state index contributed by atoms with van der Waals surface area (Å²) < 4.78 is 9.57. The summed E-state index contributed by atoms with van der Waals surface area (Å²) in [4.78, 5) is 0. The monoisotopic (exact) mass is 318 g/mol. The number of rotatable bonds is 5. The zero-order valence-electron chi connectivity index (χ0n) is 13.7. The summed E-state index contributed by atoms with van der Waals surface area (Å²) in [6, 6.07) is 0. The first-order chi connectivity index (χ1) is 8.60. The minimum Gasteiger partial charge on any atom is -0.285 e. The summed E-state index contributed by atoms with van der Waals surface area (Å²) in [6.45, 7) is 19.0. The summed E-state index contributed by atoms with van der Waals surface area (Å²) in [5.41, 5.74) is 0. The van der Waals surface area contributed by atoms with Gasteiger partial charge in [0.1, 0.15) is 16.5 Å². The molecule has 0 saturated carbocycles. The molecule has 3 heterocycles. The van der Waals surface area contributed by atoms with Gasteiger partial charge in [-0.15, -0.1) is 0 Å². The topological polar surface area (TPSA) is 24.1 Å². The molecule has 0 radical (unpaired) electrons. The van der Waals surface area contributed by atoms with Gasteiger partial charge in [-0.05, 0) is 25.2 Å². The first kappa shape index (κ1) is 16.1. The fourth-order valence-electron chi connectivity index (χ4n) is 3.21. The third-order valence-corrected chi connectivity index (χ3v) is 12.7. The van der Waals surface area contributed by atoms with Crippen molar-refractivity contribution in [3.63, 3.8) is 0 Å². The lowest BCUT2D eigenvalue weighted by molar-refractivity contribution is -0.828. The van der Waals surface area contributed by atoms with Crippen LogP contribution in [0.4, 0.5) is 0 Å². The molecule has 0 aliphatic carbocycles. The largest absolute Gasteiger partial charge is 0.285 e.